The lowest BCUT2D eigenvalue weighted by molar-refractivity contribution is 0.511. The van der Waals surface area contributed by atoms with E-state index >= 15 is 0 Å². The van der Waals surface area contributed by atoms with Crippen LogP contribution in [0.25, 0.3) is 0 Å². The second-order valence-electron chi connectivity index (χ2n) is 4.19. The van der Waals surface area contributed by atoms with Crippen molar-refractivity contribution in [2.75, 3.05) is 18.1 Å². The first-order chi connectivity index (χ1) is 9.85. The van der Waals surface area contributed by atoms with Gasteiger partial charge in [0.05, 0.1) is 11.4 Å². The molecule has 0 radical (unpaired) electrons. The van der Waals surface area contributed by atoms with Crippen LogP contribution in [0, 0.1) is 11.6 Å². The molecular formula is C13H13F2N3O2S. The number of hydrogen-bond acceptors (Lipinski definition) is 4. The Morgan fingerprint density at radius 2 is 1.81 bits per heavy atom. The van der Waals surface area contributed by atoms with Crippen molar-refractivity contribution in [2.24, 2.45) is 0 Å². The SMILES string of the molecule is CNS(=O)(=O)c1cc(N)ccc1Nc1cccc(F)c1F. The highest BCUT2D eigenvalue weighted by Gasteiger charge is 2.18. The summed E-state index contributed by atoms with van der Waals surface area (Å²) in [5.74, 6) is -2.13. The largest absolute Gasteiger partial charge is 0.399 e. The minimum Gasteiger partial charge on any atom is -0.399 e. The predicted molar refractivity (Wildman–Crippen MR) is 76.7 cm³/mol. The van der Waals surface area contributed by atoms with Gasteiger partial charge in [-0.3, -0.25) is 0 Å². The number of sulfonamides is 1. The van der Waals surface area contributed by atoms with Crippen molar-refractivity contribution in [3.8, 4) is 0 Å². The molecule has 0 fully saturated rings. The van der Waals surface area contributed by atoms with Crippen LogP contribution in [0.2, 0.25) is 0 Å². The quantitative estimate of drug-likeness (QED) is 0.756. The third-order valence-electron chi connectivity index (χ3n) is 2.78. The fourth-order valence-corrected chi connectivity index (χ4v) is 2.64. The van der Waals surface area contributed by atoms with Gasteiger partial charge in [-0.25, -0.2) is 21.9 Å². The van der Waals surface area contributed by atoms with Crippen LogP contribution in [0.15, 0.2) is 41.3 Å². The van der Waals surface area contributed by atoms with E-state index in [0.717, 1.165) is 6.07 Å². The molecule has 5 nitrogen and oxygen atoms in total. The Hall–Kier alpha value is -2.19. The zero-order valence-electron chi connectivity index (χ0n) is 11.0. The zero-order valence-corrected chi connectivity index (χ0v) is 11.8. The number of nitrogen functional groups attached to an aromatic ring is 1. The molecule has 21 heavy (non-hydrogen) atoms. The fraction of sp³-hybridized carbons (Fsp3) is 0.0769. The molecule has 2 aromatic rings. The molecular weight excluding hydrogens is 300 g/mol. The predicted octanol–water partition coefficient (Wildman–Crippen LogP) is 2.20. The van der Waals surface area contributed by atoms with Gasteiger partial charge in [0, 0.05) is 5.69 Å². The molecule has 0 aromatic heterocycles. The normalized spacial score (nSPS) is 11.4. The Kier molecular flexibility index (Phi) is 4.10. The van der Waals surface area contributed by atoms with Gasteiger partial charge >= 0.3 is 0 Å². The summed E-state index contributed by atoms with van der Waals surface area (Å²) < 4.78 is 52.9. The molecule has 0 bridgehead atoms. The van der Waals surface area contributed by atoms with Crippen LogP contribution in [0.4, 0.5) is 25.8 Å². The van der Waals surface area contributed by atoms with Crippen LogP contribution >= 0.6 is 0 Å². The summed E-state index contributed by atoms with van der Waals surface area (Å²) in [6, 6.07) is 7.63. The van der Waals surface area contributed by atoms with Crippen LogP contribution in [-0.4, -0.2) is 15.5 Å². The molecule has 0 atom stereocenters. The molecule has 0 aliphatic rings. The Bertz CT molecular complexity index is 779. The maximum atomic E-state index is 13.6. The van der Waals surface area contributed by atoms with Crippen LogP contribution in [-0.2, 0) is 10.0 Å². The number of nitrogens with two attached hydrogens (primary N) is 1. The van der Waals surface area contributed by atoms with E-state index in [2.05, 4.69) is 10.0 Å². The number of hydrogen-bond donors (Lipinski definition) is 3. The van der Waals surface area contributed by atoms with Gasteiger partial charge in [-0.15, -0.1) is 0 Å². The van der Waals surface area contributed by atoms with E-state index in [0.29, 0.717) is 0 Å². The molecule has 112 valence electrons. The Labute approximate surface area is 120 Å². The van der Waals surface area contributed by atoms with Crippen molar-refractivity contribution >= 4 is 27.1 Å². The van der Waals surface area contributed by atoms with Crippen molar-refractivity contribution in [2.45, 2.75) is 4.90 Å². The standard InChI is InChI=1S/C13H13F2N3O2S/c1-17-21(19,20)12-7-8(16)5-6-10(12)18-11-4-2-3-9(14)13(11)15/h2-7,17-18H,16H2,1H3. The van der Waals surface area contributed by atoms with Crippen molar-refractivity contribution in [1.29, 1.82) is 0 Å². The van der Waals surface area contributed by atoms with Gasteiger partial charge in [0.25, 0.3) is 0 Å². The van der Waals surface area contributed by atoms with Crippen molar-refractivity contribution in [1.82, 2.24) is 4.72 Å². The van der Waals surface area contributed by atoms with Crippen molar-refractivity contribution in [3.05, 3.63) is 48.0 Å². The van der Waals surface area contributed by atoms with Crippen molar-refractivity contribution in [3.63, 3.8) is 0 Å². The molecule has 0 spiro atoms. The molecule has 0 unspecified atom stereocenters. The van der Waals surface area contributed by atoms with E-state index in [9.17, 15) is 17.2 Å². The van der Waals surface area contributed by atoms with Gasteiger partial charge in [-0.1, -0.05) is 6.07 Å². The minimum atomic E-state index is -3.80. The second-order valence-corrected chi connectivity index (χ2v) is 6.04. The number of nitrogens with one attached hydrogen (secondary N) is 2. The summed E-state index contributed by atoms with van der Waals surface area (Å²) in [5.41, 5.74) is 5.72. The molecule has 4 N–H and O–H groups in total. The molecule has 0 aliphatic heterocycles. The zero-order chi connectivity index (χ0) is 15.6. The highest BCUT2D eigenvalue weighted by atomic mass is 32.2. The molecule has 8 heteroatoms. The van der Waals surface area contributed by atoms with Crippen LogP contribution in [0.1, 0.15) is 0 Å². The van der Waals surface area contributed by atoms with E-state index in [4.69, 9.17) is 5.73 Å². The minimum absolute atomic E-state index is 0.0862. The lowest BCUT2D eigenvalue weighted by Gasteiger charge is -2.13. The first-order valence-electron chi connectivity index (χ1n) is 5.89. The average Bonchev–Trinajstić information content (AvgIpc) is 2.45. The van der Waals surface area contributed by atoms with E-state index in [-0.39, 0.29) is 22.0 Å². The first-order valence-corrected chi connectivity index (χ1v) is 7.37. The Balaban J connectivity index is 2.53. The summed E-state index contributed by atoms with van der Waals surface area (Å²) in [5, 5.41) is 2.56. The summed E-state index contributed by atoms with van der Waals surface area (Å²) in [7, 11) is -2.56. The summed E-state index contributed by atoms with van der Waals surface area (Å²) in [6.07, 6.45) is 0. The number of halogens is 2. The highest BCUT2D eigenvalue weighted by Crippen LogP contribution is 2.28. The lowest BCUT2D eigenvalue weighted by atomic mass is 10.2. The van der Waals surface area contributed by atoms with Crippen LogP contribution in [0.3, 0.4) is 0 Å². The van der Waals surface area contributed by atoms with Gasteiger partial charge in [-0.05, 0) is 37.4 Å². The molecule has 2 rings (SSSR count). The third kappa shape index (κ3) is 3.11. The molecule has 2 aromatic carbocycles. The van der Waals surface area contributed by atoms with E-state index in [1.165, 1.54) is 37.4 Å². The van der Waals surface area contributed by atoms with E-state index < -0.39 is 21.7 Å². The molecule has 0 amide bonds. The fourth-order valence-electron chi connectivity index (χ4n) is 1.72. The summed E-state index contributed by atoms with van der Waals surface area (Å²) >= 11 is 0. The maximum Gasteiger partial charge on any atom is 0.242 e. The van der Waals surface area contributed by atoms with E-state index in [1.54, 1.807) is 0 Å². The third-order valence-corrected chi connectivity index (χ3v) is 4.24. The average molecular weight is 313 g/mol. The molecule has 0 heterocycles. The van der Waals surface area contributed by atoms with Gasteiger partial charge in [0.2, 0.25) is 10.0 Å². The van der Waals surface area contributed by atoms with Gasteiger partial charge in [-0.2, -0.15) is 0 Å². The van der Waals surface area contributed by atoms with Gasteiger partial charge in [0.1, 0.15) is 4.90 Å². The lowest BCUT2D eigenvalue weighted by Crippen LogP contribution is -2.20. The monoisotopic (exact) mass is 313 g/mol. The molecule has 0 aliphatic carbocycles. The second kappa shape index (κ2) is 5.66. The van der Waals surface area contributed by atoms with Gasteiger partial charge < -0.3 is 11.1 Å². The number of benzene rings is 2. The smallest absolute Gasteiger partial charge is 0.242 e. The Morgan fingerprint density at radius 1 is 1.10 bits per heavy atom. The summed E-state index contributed by atoms with van der Waals surface area (Å²) in [4.78, 5) is -0.159. The van der Waals surface area contributed by atoms with E-state index in [1.807, 2.05) is 0 Å². The molecule has 0 saturated carbocycles. The van der Waals surface area contributed by atoms with Crippen molar-refractivity contribution < 1.29 is 17.2 Å². The molecule has 0 saturated heterocycles. The number of rotatable bonds is 4. The van der Waals surface area contributed by atoms with Crippen LogP contribution < -0.4 is 15.8 Å². The maximum absolute atomic E-state index is 13.6. The number of anilines is 3. The topological polar surface area (TPSA) is 84.2 Å². The Morgan fingerprint density at radius 3 is 2.48 bits per heavy atom. The van der Waals surface area contributed by atoms with Crippen LogP contribution in [0.5, 0.6) is 0 Å². The first kappa shape index (κ1) is 15.2. The summed E-state index contributed by atoms with van der Waals surface area (Å²) in [6.45, 7) is 0. The van der Waals surface area contributed by atoms with Gasteiger partial charge in [0.15, 0.2) is 11.6 Å². The highest BCUT2D eigenvalue weighted by molar-refractivity contribution is 7.89.